The molecule has 0 saturated heterocycles. The summed E-state index contributed by atoms with van der Waals surface area (Å²) < 4.78 is 0. The van der Waals surface area contributed by atoms with Gasteiger partial charge in [-0.2, -0.15) is 0 Å². The van der Waals surface area contributed by atoms with Crippen molar-refractivity contribution in [2.45, 2.75) is 6.92 Å². The predicted octanol–water partition coefficient (Wildman–Crippen LogP) is 13.2. The molecule has 10 rings (SSSR count). The van der Waals surface area contributed by atoms with Crippen molar-refractivity contribution in [1.82, 2.24) is 4.98 Å². The first kappa shape index (κ1) is 27.8. The highest BCUT2D eigenvalue weighted by atomic mass is 14.7. The van der Waals surface area contributed by atoms with Crippen LogP contribution in [0.2, 0.25) is 0 Å². The van der Waals surface area contributed by atoms with Gasteiger partial charge in [0.05, 0.1) is 5.69 Å². The van der Waals surface area contributed by atoms with Crippen LogP contribution in [0.4, 0.5) is 0 Å². The summed E-state index contributed by atoms with van der Waals surface area (Å²) in [7, 11) is 0. The standard InChI is InChI=1S/C48H31N/c1-30-28-35-29-34(24-25-37(35)48(49-30)33-18-9-4-10-19-33)36-26-27-42-45-38(36)22-13-23-41(45)46-43(31-14-5-2-6-15-31)39-20-11-12-21-40(39)44(47(42)46)32-16-7-3-8-17-32/h2-29H,1H3. The maximum absolute atomic E-state index is 4.97. The quantitative estimate of drug-likeness (QED) is 0.191. The highest BCUT2D eigenvalue weighted by molar-refractivity contribution is 6.28. The molecule has 0 saturated carbocycles. The van der Waals surface area contributed by atoms with E-state index in [1.165, 1.54) is 88.0 Å². The molecule has 1 heteroatoms. The summed E-state index contributed by atoms with van der Waals surface area (Å²) >= 11 is 0. The van der Waals surface area contributed by atoms with Gasteiger partial charge in [-0.05, 0) is 102 Å². The minimum absolute atomic E-state index is 1.02. The summed E-state index contributed by atoms with van der Waals surface area (Å²) in [6, 6.07) is 62.0. The topological polar surface area (TPSA) is 12.9 Å². The molecule has 0 aliphatic heterocycles. The van der Waals surface area contributed by atoms with Crippen molar-refractivity contribution in [2.24, 2.45) is 0 Å². The third-order valence-electron chi connectivity index (χ3n) is 10.2. The Morgan fingerprint density at radius 1 is 0.347 bits per heavy atom. The van der Waals surface area contributed by atoms with Gasteiger partial charge >= 0.3 is 0 Å². The van der Waals surface area contributed by atoms with Crippen LogP contribution in [0.1, 0.15) is 5.69 Å². The van der Waals surface area contributed by atoms with Gasteiger partial charge in [0.1, 0.15) is 0 Å². The van der Waals surface area contributed by atoms with E-state index in [2.05, 4.69) is 177 Å². The molecule has 9 aromatic rings. The molecule has 8 aromatic carbocycles. The van der Waals surface area contributed by atoms with Gasteiger partial charge in [0.25, 0.3) is 0 Å². The smallest absolute Gasteiger partial charge is 0.0783 e. The van der Waals surface area contributed by atoms with E-state index in [0.717, 1.165) is 17.0 Å². The van der Waals surface area contributed by atoms with E-state index in [-0.39, 0.29) is 0 Å². The maximum Gasteiger partial charge on any atom is 0.0783 e. The molecule has 1 aliphatic rings. The Balaban J connectivity index is 1.27. The van der Waals surface area contributed by atoms with Crippen LogP contribution >= 0.6 is 0 Å². The van der Waals surface area contributed by atoms with Gasteiger partial charge in [-0.25, -0.2) is 0 Å². The predicted molar refractivity (Wildman–Crippen MR) is 208 cm³/mol. The largest absolute Gasteiger partial charge is 0.252 e. The first-order valence-electron chi connectivity index (χ1n) is 17.0. The van der Waals surface area contributed by atoms with E-state index in [9.17, 15) is 0 Å². The summed E-state index contributed by atoms with van der Waals surface area (Å²) in [6.45, 7) is 2.09. The first-order valence-corrected chi connectivity index (χ1v) is 17.0. The van der Waals surface area contributed by atoms with Crippen molar-refractivity contribution in [3.8, 4) is 66.9 Å². The van der Waals surface area contributed by atoms with Gasteiger partial charge in [0, 0.05) is 16.6 Å². The number of aromatic nitrogens is 1. The number of aryl methyl sites for hydroxylation is 1. The summed E-state index contributed by atoms with van der Waals surface area (Å²) in [5.41, 5.74) is 16.0. The molecule has 1 heterocycles. The Morgan fingerprint density at radius 2 is 0.878 bits per heavy atom. The molecule has 0 fully saturated rings. The minimum atomic E-state index is 1.02. The molecule has 49 heavy (non-hydrogen) atoms. The molecule has 228 valence electrons. The van der Waals surface area contributed by atoms with Gasteiger partial charge in [0.2, 0.25) is 0 Å². The Kier molecular flexibility index (Phi) is 6.16. The van der Waals surface area contributed by atoms with Crippen molar-refractivity contribution < 1.29 is 0 Å². The van der Waals surface area contributed by atoms with E-state index in [0.29, 0.717) is 0 Å². The second-order valence-corrected chi connectivity index (χ2v) is 13.1. The lowest BCUT2D eigenvalue weighted by atomic mass is 9.82. The van der Waals surface area contributed by atoms with Crippen LogP contribution in [0.15, 0.2) is 170 Å². The highest BCUT2D eigenvalue weighted by Gasteiger charge is 2.31. The Bertz CT molecular complexity index is 2650. The molecule has 0 bridgehead atoms. The SMILES string of the molecule is Cc1cc2cc(-c3ccc4c5c(cccc35)-c3c-4c(-c4ccccc4)c4ccccc4c3-c3ccccc3)ccc2c(-c2ccccc2)n1. The van der Waals surface area contributed by atoms with Gasteiger partial charge in [-0.3, -0.25) is 4.98 Å². The maximum atomic E-state index is 4.97. The normalized spacial score (nSPS) is 11.8. The third-order valence-corrected chi connectivity index (χ3v) is 10.2. The van der Waals surface area contributed by atoms with Crippen molar-refractivity contribution in [1.29, 1.82) is 0 Å². The number of pyridine rings is 1. The molecule has 0 atom stereocenters. The van der Waals surface area contributed by atoms with Crippen LogP contribution in [-0.2, 0) is 0 Å². The summed E-state index contributed by atoms with van der Waals surface area (Å²) in [5, 5.41) is 7.55. The van der Waals surface area contributed by atoms with Gasteiger partial charge in [0.15, 0.2) is 0 Å². The van der Waals surface area contributed by atoms with E-state index in [1.807, 2.05) is 0 Å². The average molecular weight is 622 g/mol. The minimum Gasteiger partial charge on any atom is -0.252 e. The van der Waals surface area contributed by atoms with Crippen LogP contribution < -0.4 is 0 Å². The Labute approximate surface area is 285 Å². The lowest BCUT2D eigenvalue weighted by Crippen LogP contribution is -1.93. The van der Waals surface area contributed by atoms with Crippen molar-refractivity contribution in [3.63, 3.8) is 0 Å². The van der Waals surface area contributed by atoms with E-state index >= 15 is 0 Å². The van der Waals surface area contributed by atoms with Gasteiger partial charge < -0.3 is 0 Å². The molecule has 1 nitrogen and oxygen atoms in total. The number of hydrogen-bond donors (Lipinski definition) is 0. The number of hydrogen-bond acceptors (Lipinski definition) is 1. The van der Waals surface area contributed by atoms with Crippen molar-refractivity contribution in [2.75, 3.05) is 0 Å². The molecule has 0 spiro atoms. The van der Waals surface area contributed by atoms with E-state index in [1.54, 1.807) is 0 Å². The number of fused-ring (bicyclic) bond motifs is 5. The fourth-order valence-electron chi connectivity index (χ4n) is 8.24. The van der Waals surface area contributed by atoms with Gasteiger partial charge in [-0.1, -0.05) is 158 Å². The zero-order chi connectivity index (χ0) is 32.5. The second kappa shape index (κ2) is 10.9. The highest BCUT2D eigenvalue weighted by Crippen LogP contribution is 2.58. The van der Waals surface area contributed by atoms with Crippen LogP contribution in [0.3, 0.4) is 0 Å². The van der Waals surface area contributed by atoms with E-state index in [4.69, 9.17) is 4.98 Å². The molecular formula is C48H31N. The summed E-state index contributed by atoms with van der Waals surface area (Å²) in [5.74, 6) is 0. The van der Waals surface area contributed by atoms with Crippen LogP contribution in [0.25, 0.3) is 99.2 Å². The molecule has 1 aliphatic carbocycles. The fraction of sp³-hybridized carbons (Fsp3) is 0.0208. The molecule has 0 radical (unpaired) electrons. The van der Waals surface area contributed by atoms with Gasteiger partial charge in [-0.15, -0.1) is 0 Å². The summed E-state index contributed by atoms with van der Waals surface area (Å²) in [6.07, 6.45) is 0. The number of nitrogens with zero attached hydrogens (tertiary/aromatic N) is 1. The lowest BCUT2D eigenvalue weighted by Gasteiger charge is -2.20. The number of benzene rings is 8. The number of rotatable bonds is 4. The van der Waals surface area contributed by atoms with Crippen LogP contribution in [-0.4, -0.2) is 4.98 Å². The molecule has 0 unspecified atom stereocenters. The zero-order valence-electron chi connectivity index (χ0n) is 27.1. The molecule has 1 aromatic heterocycles. The molecule has 0 N–H and O–H groups in total. The van der Waals surface area contributed by atoms with Crippen LogP contribution in [0.5, 0.6) is 0 Å². The lowest BCUT2D eigenvalue weighted by molar-refractivity contribution is 1.23. The third kappa shape index (κ3) is 4.22. The van der Waals surface area contributed by atoms with Crippen molar-refractivity contribution >= 4 is 32.3 Å². The monoisotopic (exact) mass is 621 g/mol. The second-order valence-electron chi connectivity index (χ2n) is 13.1. The first-order chi connectivity index (χ1) is 24.2. The Hall–Kier alpha value is -6.31. The van der Waals surface area contributed by atoms with Crippen molar-refractivity contribution in [3.05, 3.63) is 176 Å². The average Bonchev–Trinajstić information content (AvgIpc) is 3.49. The molecular weight excluding hydrogens is 591 g/mol. The summed E-state index contributed by atoms with van der Waals surface area (Å²) in [4.78, 5) is 4.97. The van der Waals surface area contributed by atoms with E-state index < -0.39 is 0 Å². The zero-order valence-corrected chi connectivity index (χ0v) is 27.1. The molecule has 0 amide bonds. The fourth-order valence-corrected chi connectivity index (χ4v) is 8.24. The van der Waals surface area contributed by atoms with Crippen LogP contribution in [0, 0.1) is 6.92 Å². The Morgan fingerprint density at radius 3 is 1.51 bits per heavy atom.